The molecule has 0 spiro atoms. The number of carbonyl (C=O) groups excluding carboxylic acids is 3. The van der Waals surface area contributed by atoms with Gasteiger partial charge in [0.15, 0.2) is 0 Å². The Morgan fingerprint density at radius 3 is 2.64 bits per heavy atom. The van der Waals surface area contributed by atoms with E-state index in [1.54, 1.807) is 6.07 Å². The van der Waals surface area contributed by atoms with Crippen LogP contribution in [0.1, 0.15) is 18.4 Å². The molecule has 1 atom stereocenters. The van der Waals surface area contributed by atoms with Gasteiger partial charge in [0.2, 0.25) is 17.7 Å². The fraction of sp³-hybridized carbons (Fsp3) is 0.286. The molecule has 0 aromatic heterocycles. The third kappa shape index (κ3) is 5.64. The van der Waals surface area contributed by atoms with Crippen molar-refractivity contribution in [2.24, 2.45) is 0 Å². The molecular weight excluding hydrogens is 361 g/mol. The summed E-state index contributed by atoms with van der Waals surface area (Å²) in [6.07, 6.45) is 0.597. The van der Waals surface area contributed by atoms with Crippen molar-refractivity contribution in [1.82, 2.24) is 10.2 Å². The minimum absolute atomic E-state index is 0.00433. The second-order valence-corrected chi connectivity index (χ2v) is 6.79. The van der Waals surface area contributed by atoms with Gasteiger partial charge >= 0.3 is 0 Å². The van der Waals surface area contributed by atoms with Crippen molar-refractivity contribution in [2.45, 2.75) is 25.3 Å². The van der Waals surface area contributed by atoms with E-state index >= 15 is 0 Å². The van der Waals surface area contributed by atoms with Crippen molar-refractivity contribution in [2.75, 3.05) is 18.4 Å². The van der Waals surface area contributed by atoms with Crippen LogP contribution in [0.3, 0.4) is 0 Å². The first-order chi connectivity index (χ1) is 13.5. The summed E-state index contributed by atoms with van der Waals surface area (Å²) in [6.45, 7) is 0.403. The van der Waals surface area contributed by atoms with E-state index in [4.69, 9.17) is 0 Å². The lowest BCUT2D eigenvalue weighted by Crippen LogP contribution is -2.56. The molecule has 1 fully saturated rings. The normalized spacial score (nSPS) is 16.4. The fourth-order valence-electron chi connectivity index (χ4n) is 3.20. The van der Waals surface area contributed by atoms with Crippen LogP contribution in [-0.4, -0.2) is 41.8 Å². The highest BCUT2D eigenvalue weighted by Gasteiger charge is 2.28. The van der Waals surface area contributed by atoms with E-state index in [-0.39, 0.29) is 43.1 Å². The van der Waals surface area contributed by atoms with E-state index in [0.29, 0.717) is 18.7 Å². The van der Waals surface area contributed by atoms with Crippen LogP contribution >= 0.6 is 0 Å². The van der Waals surface area contributed by atoms with Gasteiger partial charge in [-0.1, -0.05) is 36.4 Å². The lowest BCUT2D eigenvalue weighted by atomic mass is 10.0. The van der Waals surface area contributed by atoms with Gasteiger partial charge in [0.05, 0.1) is 12.6 Å². The molecule has 1 heterocycles. The van der Waals surface area contributed by atoms with Gasteiger partial charge in [-0.3, -0.25) is 14.4 Å². The molecule has 0 unspecified atom stereocenters. The predicted molar refractivity (Wildman–Crippen MR) is 103 cm³/mol. The van der Waals surface area contributed by atoms with E-state index in [0.717, 1.165) is 5.56 Å². The molecule has 6 nitrogen and oxygen atoms in total. The molecule has 2 aromatic carbocycles. The summed E-state index contributed by atoms with van der Waals surface area (Å²) in [4.78, 5) is 37.9. The van der Waals surface area contributed by atoms with Crippen molar-refractivity contribution in [3.63, 3.8) is 0 Å². The Morgan fingerprint density at radius 1 is 1.11 bits per heavy atom. The molecule has 0 aliphatic carbocycles. The Kier molecular flexibility index (Phi) is 6.37. The summed E-state index contributed by atoms with van der Waals surface area (Å²) in [5.41, 5.74) is 1.43. The molecule has 7 heteroatoms. The Balaban J connectivity index is 1.50. The van der Waals surface area contributed by atoms with Crippen LogP contribution in [0.4, 0.5) is 10.1 Å². The van der Waals surface area contributed by atoms with Crippen molar-refractivity contribution < 1.29 is 18.8 Å². The molecule has 0 radical (unpaired) electrons. The monoisotopic (exact) mass is 383 g/mol. The molecule has 2 N–H and O–H groups in total. The van der Waals surface area contributed by atoms with Gasteiger partial charge in [-0.15, -0.1) is 0 Å². The van der Waals surface area contributed by atoms with E-state index in [1.807, 2.05) is 30.3 Å². The van der Waals surface area contributed by atoms with Gasteiger partial charge in [-0.2, -0.15) is 0 Å². The average Bonchev–Trinajstić information content (AvgIpc) is 2.66. The highest BCUT2D eigenvalue weighted by atomic mass is 19.1. The average molecular weight is 383 g/mol. The number of hydrogen-bond donors (Lipinski definition) is 2. The number of rotatable bonds is 6. The Labute approximate surface area is 162 Å². The highest BCUT2D eigenvalue weighted by Crippen LogP contribution is 2.12. The van der Waals surface area contributed by atoms with Crippen molar-refractivity contribution >= 4 is 23.4 Å². The van der Waals surface area contributed by atoms with Crippen LogP contribution in [0.25, 0.3) is 0 Å². The van der Waals surface area contributed by atoms with Gasteiger partial charge in [0.25, 0.3) is 0 Å². The molecule has 28 heavy (non-hydrogen) atoms. The molecule has 0 bridgehead atoms. The van der Waals surface area contributed by atoms with E-state index in [2.05, 4.69) is 10.6 Å². The van der Waals surface area contributed by atoms with Crippen LogP contribution in [0, 0.1) is 5.82 Å². The van der Waals surface area contributed by atoms with Gasteiger partial charge in [0.1, 0.15) is 5.82 Å². The Morgan fingerprint density at radius 2 is 1.89 bits per heavy atom. The van der Waals surface area contributed by atoms with Crippen molar-refractivity contribution in [3.8, 4) is 0 Å². The minimum Gasteiger partial charge on any atom is -0.350 e. The van der Waals surface area contributed by atoms with Gasteiger partial charge in [-0.05, 0) is 30.2 Å². The largest absolute Gasteiger partial charge is 0.350 e. The maximum Gasteiger partial charge on any atom is 0.239 e. The standard InChI is InChI=1S/C21H22FN3O3/c22-16-7-4-8-17(12-16)23-19(26)9-10-21(28)25-13-18(24-20(27)14-25)11-15-5-2-1-3-6-15/h1-8,12,18H,9-11,13-14H2,(H,23,26)(H,24,27)/t18-/m0/s1. The third-order valence-corrected chi connectivity index (χ3v) is 4.49. The van der Waals surface area contributed by atoms with E-state index < -0.39 is 5.82 Å². The van der Waals surface area contributed by atoms with Crippen LogP contribution in [0.15, 0.2) is 54.6 Å². The molecule has 0 saturated carbocycles. The van der Waals surface area contributed by atoms with Crippen molar-refractivity contribution in [3.05, 3.63) is 66.0 Å². The van der Waals surface area contributed by atoms with Crippen LogP contribution in [-0.2, 0) is 20.8 Å². The third-order valence-electron chi connectivity index (χ3n) is 4.49. The zero-order valence-corrected chi connectivity index (χ0v) is 15.4. The maximum absolute atomic E-state index is 13.2. The molecular formula is C21H22FN3O3. The second-order valence-electron chi connectivity index (χ2n) is 6.79. The molecule has 2 aromatic rings. The molecule has 1 saturated heterocycles. The zero-order chi connectivity index (χ0) is 19.9. The summed E-state index contributed by atoms with van der Waals surface area (Å²) in [6, 6.07) is 15.1. The van der Waals surface area contributed by atoms with Gasteiger partial charge < -0.3 is 15.5 Å². The van der Waals surface area contributed by atoms with E-state index in [1.165, 1.54) is 23.1 Å². The number of anilines is 1. The smallest absolute Gasteiger partial charge is 0.239 e. The van der Waals surface area contributed by atoms with Gasteiger partial charge in [0, 0.05) is 25.1 Å². The minimum atomic E-state index is -0.447. The summed E-state index contributed by atoms with van der Waals surface area (Å²) in [7, 11) is 0. The van der Waals surface area contributed by atoms with Crippen LogP contribution in [0.5, 0.6) is 0 Å². The maximum atomic E-state index is 13.2. The molecule has 3 rings (SSSR count). The number of benzene rings is 2. The number of hydrogen-bond acceptors (Lipinski definition) is 3. The lowest BCUT2D eigenvalue weighted by molar-refractivity contribution is -0.140. The second kappa shape index (κ2) is 9.12. The fourth-order valence-corrected chi connectivity index (χ4v) is 3.20. The number of halogens is 1. The topological polar surface area (TPSA) is 78.5 Å². The molecule has 1 aliphatic rings. The number of carbonyl (C=O) groups is 3. The van der Waals surface area contributed by atoms with Gasteiger partial charge in [-0.25, -0.2) is 4.39 Å². The first-order valence-corrected chi connectivity index (χ1v) is 9.16. The lowest BCUT2D eigenvalue weighted by Gasteiger charge is -2.33. The molecule has 3 amide bonds. The quantitative estimate of drug-likeness (QED) is 0.802. The summed E-state index contributed by atoms with van der Waals surface area (Å²) in [5.74, 6) is -1.27. The number of nitrogens with zero attached hydrogens (tertiary/aromatic N) is 1. The Bertz CT molecular complexity index is 857. The number of piperazine rings is 1. The van der Waals surface area contributed by atoms with Crippen molar-refractivity contribution in [1.29, 1.82) is 0 Å². The summed E-state index contributed by atoms with van der Waals surface area (Å²) >= 11 is 0. The number of amides is 3. The molecule has 1 aliphatic heterocycles. The number of nitrogens with one attached hydrogen (secondary N) is 2. The first-order valence-electron chi connectivity index (χ1n) is 9.16. The predicted octanol–water partition coefficient (Wildman–Crippen LogP) is 2.11. The summed E-state index contributed by atoms with van der Waals surface area (Å²) in [5, 5.41) is 5.47. The van der Waals surface area contributed by atoms with E-state index in [9.17, 15) is 18.8 Å². The van der Waals surface area contributed by atoms with Crippen LogP contribution < -0.4 is 10.6 Å². The first kappa shape index (κ1) is 19.5. The highest BCUT2D eigenvalue weighted by molar-refractivity contribution is 5.94. The Hall–Kier alpha value is -3.22. The summed E-state index contributed by atoms with van der Waals surface area (Å²) < 4.78 is 13.2. The van der Waals surface area contributed by atoms with Crippen LogP contribution in [0.2, 0.25) is 0 Å². The molecule has 146 valence electrons. The zero-order valence-electron chi connectivity index (χ0n) is 15.4. The SMILES string of the molecule is O=C(CCC(=O)N1CC(=O)N[C@@H](Cc2ccccc2)C1)Nc1cccc(F)c1.